The first-order valence-electron chi connectivity index (χ1n) is 1.83. The molecule has 0 saturated heterocycles. The van der Waals surface area contributed by atoms with Crippen molar-refractivity contribution in [2.24, 2.45) is 10.7 Å². The molecule has 1 aliphatic heterocycles. The predicted octanol–water partition coefficient (Wildman–Crippen LogP) is 0.447. The number of aliphatic imine (C=N–C) groups is 1. The van der Waals surface area contributed by atoms with E-state index in [1.165, 1.54) is 11.8 Å². The molecule has 0 saturated carbocycles. The van der Waals surface area contributed by atoms with Crippen LogP contribution in [0.2, 0.25) is 0 Å². The first-order valence-corrected chi connectivity index (χ1v) is 2.82. The molecule has 0 aliphatic carbocycles. The van der Waals surface area contributed by atoms with Crippen LogP contribution in [-0.2, 0) is 0 Å². The highest BCUT2D eigenvalue weighted by molar-refractivity contribution is 8.14. The van der Waals surface area contributed by atoms with Crippen molar-refractivity contribution in [2.45, 2.75) is 0 Å². The fourth-order valence-electron chi connectivity index (χ4n) is 0.340. The highest BCUT2D eigenvalue weighted by atomic mass is 35.5. The highest BCUT2D eigenvalue weighted by Crippen LogP contribution is 2.07. The van der Waals surface area contributed by atoms with Crippen LogP contribution in [-0.4, -0.2) is 16.8 Å². The van der Waals surface area contributed by atoms with Gasteiger partial charge in [-0.25, -0.2) is 4.99 Å². The van der Waals surface area contributed by atoms with Crippen LogP contribution in [0.4, 0.5) is 0 Å². The monoisotopic (exact) mass is 151 g/mol. The Labute approximate surface area is 57.7 Å². The topological polar surface area (TPSA) is 62.2 Å². The van der Waals surface area contributed by atoms with Gasteiger partial charge in [0.15, 0.2) is 5.17 Å². The normalized spacial score (nSPS) is 17.5. The van der Waals surface area contributed by atoms with Gasteiger partial charge >= 0.3 is 0 Å². The zero-order valence-electron chi connectivity index (χ0n) is 4.05. The van der Waals surface area contributed by atoms with Crippen molar-refractivity contribution in [3.63, 3.8) is 0 Å². The quantitative estimate of drug-likeness (QED) is 0.528. The van der Waals surface area contributed by atoms with Gasteiger partial charge in [-0.05, 0) is 0 Å². The molecule has 0 unspecified atom stereocenters. The average molecular weight is 152 g/mol. The van der Waals surface area contributed by atoms with Gasteiger partial charge in [0.25, 0.3) is 0 Å². The van der Waals surface area contributed by atoms with E-state index >= 15 is 0 Å². The van der Waals surface area contributed by atoms with Crippen LogP contribution in [0.1, 0.15) is 0 Å². The second-order valence-electron chi connectivity index (χ2n) is 1.19. The SMILES string of the molecule is Cl.N=C1CSC(N)=N1. The molecule has 0 radical (unpaired) electrons. The van der Waals surface area contributed by atoms with E-state index in [9.17, 15) is 0 Å². The van der Waals surface area contributed by atoms with Crippen LogP contribution < -0.4 is 5.73 Å². The summed E-state index contributed by atoms with van der Waals surface area (Å²) >= 11 is 1.41. The molecule has 0 aromatic heterocycles. The summed E-state index contributed by atoms with van der Waals surface area (Å²) in [6, 6.07) is 0. The summed E-state index contributed by atoms with van der Waals surface area (Å²) in [5.41, 5.74) is 5.20. The lowest BCUT2D eigenvalue weighted by molar-refractivity contribution is 1.43. The van der Waals surface area contributed by atoms with Gasteiger partial charge in [0, 0.05) is 0 Å². The fraction of sp³-hybridized carbons (Fsp3) is 0.333. The van der Waals surface area contributed by atoms with E-state index in [-0.39, 0.29) is 12.4 Å². The fourth-order valence-corrected chi connectivity index (χ4v) is 0.864. The highest BCUT2D eigenvalue weighted by Gasteiger charge is 2.05. The minimum atomic E-state index is 0. The van der Waals surface area contributed by atoms with Crippen LogP contribution in [0.5, 0.6) is 0 Å². The number of nitrogens with zero attached hydrogens (tertiary/aromatic N) is 1. The third-order valence-corrected chi connectivity index (χ3v) is 1.41. The Hall–Kier alpha value is -0.220. The zero-order chi connectivity index (χ0) is 5.28. The second-order valence-corrected chi connectivity index (χ2v) is 2.18. The molecular formula is C3H6ClN3S. The molecule has 0 fully saturated rings. The molecule has 5 heteroatoms. The molecule has 0 atom stereocenters. The maximum absolute atomic E-state index is 6.89. The molecule has 3 nitrogen and oxygen atoms in total. The Morgan fingerprint density at radius 1 is 1.75 bits per heavy atom. The smallest absolute Gasteiger partial charge is 0.161 e. The van der Waals surface area contributed by atoms with Gasteiger partial charge in [-0.3, -0.25) is 5.41 Å². The largest absolute Gasteiger partial charge is 0.378 e. The van der Waals surface area contributed by atoms with Gasteiger partial charge in [0.1, 0.15) is 5.84 Å². The first-order chi connectivity index (χ1) is 3.29. The van der Waals surface area contributed by atoms with Gasteiger partial charge in [-0.1, -0.05) is 11.8 Å². The van der Waals surface area contributed by atoms with E-state index in [1.54, 1.807) is 0 Å². The number of thioether (sulfide) groups is 1. The minimum absolute atomic E-state index is 0. The number of hydrogen-bond acceptors (Lipinski definition) is 3. The van der Waals surface area contributed by atoms with E-state index in [0.717, 1.165) is 0 Å². The van der Waals surface area contributed by atoms with E-state index in [2.05, 4.69) is 4.99 Å². The Bertz CT molecular complexity index is 132. The average Bonchev–Trinajstić information content (AvgIpc) is 1.87. The summed E-state index contributed by atoms with van der Waals surface area (Å²) in [4.78, 5) is 3.63. The van der Waals surface area contributed by atoms with Crippen molar-refractivity contribution in [1.29, 1.82) is 5.41 Å². The molecule has 1 aliphatic rings. The Balaban J connectivity index is 0.000000490. The van der Waals surface area contributed by atoms with Crippen LogP contribution in [0.15, 0.2) is 4.99 Å². The van der Waals surface area contributed by atoms with Crippen molar-refractivity contribution in [2.75, 3.05) is 5.75 Å². The molecule has 0 amide bonds. The number of hydrogen-bond donors (Lipinski definition) is 2. The van der Waals surface area contributed by atoms with E-state index in [1.807, 2.05) is 0 Å². The van der Waals surface area contributed by atoms with E-state index in [0.29, 0.717) is 16.8 Å². The lowest BCUT2D eigenvalue weighted by atomic mass is 10.7. The van der Waals surface area contributed by atoms with E-state index < -0.39 is 0 Å². The van der Waals surface area contributed by atoms with Gasteiger partial charge < -0.3 is 5.73 Å². The maximum atomic E-state index is 6.89. The molecule has 0 bridgehead atoms. The summed E-state index contributed by atoms with van der Waals surface area (Å²) in [7, 11) is 0. The third kappa shape index (κ3) is 1.71. The number of rotatable bonds is 0. The molecule has 0 spiro atoms. The Morgan fingerprint density at radius 2 is 2.38 bits per heavy atom. The van der Waals surface area contributed by atoms with Gasteiger partial charge in [-0.15, -0.1) is 12.4 Å². The zero-order valence-corrected chi connectivity index (χ0v) is 5.68. The van der Waals surface area contributed by atoms with Crippen LogP contribution >= 0.6 is 24.2 Å². The minimum Gasteiger partial charge on any atom is -0.378 e. The summed E-state index contributed by atoms with van der Waals surface area (Å²) < 4.78 is 0. The van der Waals surface area contributed by atoms with Crippen LogP contribution in [0.25, 0.3) is 0 Å². The lowest BCUT2D eigenvalue weighted by Crippen LogP contribution is -2.01. The van der Waals surface area contributed by atoms with Gasteiger partial charge in [0.2, 0.25) is 0 Å². The van der Waals surface area contributed by atoms with Crippen molar-refractivity contribution in [3.8, 4) is 0 Å². The second kappa shape index (κ2) is 2.94. The van der Waals surface area contributed by atoms with Crippen LogP contribution in [0, 0.1) is 5.41 Å². The summed E-state index contributed by atoms with van der Waals surface area (Å²) in [5.74, 6) is 1.02. The molecule has 0 aromatic carbocycles. The predicted molar refractivity (Wildman–Crippen MR) is 39.1 cm³/mol. The molecule has 46 valence electrons. The summed E-state index contributed by atoms with van der Waals surface area (Å²) in [6.07, 6.45) is 0. The Morgan fingerprint density at radius 3 is 2.50 bits per heavy atom. The molecular weight excluding hydrogens is 146 g/mol. The number of amidine groups is 2. The van der Waals surface area contributed by atoms with Gasteiger partial charge in [-0.2, -0.15) is 0 Å². The molecule has 0 aromatic rings. The molecule has 8 heavy (non-hydrogen) atoms. The van der Waals surface area contributed by atoms with Gasteiger partial charge in [0.05, 0.1) is 5.75 Å². The first kappa shape index (κ1) is 7.78. The van der Waals surface area contributed by atoms with Crippen molar-refractivity contribution < 1.29 is 0 Å². The lowest BCUT2D eigenvalue weighted by Gasteiger charge is -1.77. The summed E-state index contributed by atoms with van der Waals surface area (Å²) in [5, 5.41) is 7.41. The molecule has 3 N–H and O–H groups in total. The summed E-state index contributed by atoms with van der Waals surface area (Å²) in [6.45, 7) is 0. The maximum Gasteiger partial charge on any atom is 0.161 e. The van der Waals surface area contributed by atoms with E-state index in [4.69, 9.17) is 11.1 Å². The number of halogens is 1. The van der Waals surface area contributed by atoms with Crippen molar-refractivity contribution in [1.82, 2.24) is 0 Å². The van der Waals surface area contributed by atoms with Crippen LogP contribution in [0.3, 0.4) is 0 Å². The van der Waals surface area contributed by atoms with Crippen molar-refractivity contribution in [3.05, 3.63) is 0 Å². The third-order valence-electron chi connectivity index (χ3n) is 0.602. The standard InChI is InChI=1S/C3H5N3S.ClH/c4-2-1-7-3(5)6-2;/h1H2,(H3,4,5,6);1H. The van der Waals surface area contributed by atoms with Crippen molar-refractivity contribution >= 4 is 35.2 Å². The number of nitrogens with one attached hydrogen (secondary N) is 1. The Kier molecular flexibility index (Phi) is 2.86. The molecule has 1 heterocycles. The molecule has 1 rings (SSSR count). The number of nitrogens with two attached hydrogens (primary N) is 1.